The van der Waals surface area contributed by atoms with Crippen molar-refractivity contribution >= 4 is 27.3 Å². The summed E-state index contributed by atoms with van der Waals surface area (Å²) >= 11 is 5.21. The average Bonchev–Trinajstić information content (AvgIpc) is 2.33. The van der Waals surface area contributed by atoms with Crippen molar-refractivity contribution in [3.05, 3.63) is 20.8 Å². The van der Waals surface area contributed by atoms with Crippen LogP contribution in [-0.4, -0.2) is 0 Å². The van der Waals surface area contributed by atoms with Crippen LogP contribution >= 0.6 is 27.3 Å². The molecule has 0 aliphatic heterocycles. The van der Waals surface area contributed by atoms with Crippen LogP contribution in [0.25, 0.3) is 0 Å². The lowest BCUT2D eigenvalue weighted by molar-refractivity contribution is 0.514. The van der Waals surface area contributed by atoms with Gasteiger partial charge in [0.1, 0.15) is 0 Å². The zero-order valence-electron chi connectivity index (χ0n) is 7.38. The zero-order chi connectivity index (χ0) is 9.14. The summed E-state index contributed by atoms with van der Waals surface area (Å²) in [5, 5.41) is 2.07. The number of thiophene rings is 1. The van der Waals surface area contributed by atoms with Crippen molar-refractivity contribution < 1.29 is 0 Å². The van der Waals surface area contributed by atoms with Gasteiger partial charge in [0.15, 0.2) is 0 Å². The molecule has 1 aromatic rings. The molecule has 1 nitrogen and oxygen atoms in total. The maximum atomic E-state index is 6.02. The molecule has 1 unspecified atom stereocenters. The predicted molar refractivity (Wildman–Crippen MR) is 58.4 cm³/mol. The van der Waals surface area contributed by atoms with Crippen LogP contribution in [0.15, 0.2) is 15.9 Å². The molecule has 2 N–H and O–H groups in total. The maximum absolute atomic E-state index is 6.02. The van der Waals surface area contributed by atoms with Crippen molar-refractivity contribution in [3.8, 4) is 0 Å². The first kappa shape index (κ1) is 10.2. The Bertz CT molecular complexity index is 244. The fourth-order valence-corrected chi connectivity index (χ4v) is 2.87. The van der Waals surface area contributed by atoms with E-state index in [2.05, 4.69) is 41.2 Å². The Balaban J connectivity index is 2.65. The molecule has 1 aromatic heterocycles. The van der Waals surface area contributed by atoms with Crippen LogP contribution in [0.3, 0.4) is 0 Å². The summed E-state index contributed by atoms with van der Waals surface area (Å²) < 4.78 is 1.15. The molecular formula is C9H14BrNS. The van der Waals surface area contributed by atoms with Gasteiger partial charge >= 0.3 is 0 Å². The molecule has 12 heavy (non-hydrogen) atoms. The smallest absolute Gasteiger partial charge is 0.0403 e. The summed E-state index contributed by atoms with van der Waals surface area (Å²) in [6.45, 7) is 4.39. The lowest BCUT2D eigenvalue weighted by atomic mass is 10.0. The van der Waals surface area contributed by atoms with Gasteiger partial charge in [-0.3, -0.25) is 0 Å². The van der Waals surface area contributed by atoms with E-state index in [0.717, 1.165) is 10.9 Å². The SMILES string of the molecule is CC(C)CC(N)c1sccc1Br. The van der Waals surface area contributed by atoms with E-state index in [9.17, 15) is 0 Å². The number of nitrogens with two attached hydrogens (primary N) is 1. The summed E-state index contributed by atoms with van der Waals surface area (Å²) in [6.07, 6.45) is 1.05. The van der Waals surface area contributed by atoms with Gasteiger partial charge in [0, 0.05) is 15.4 Å². The number of halogens is 1. The molecule has 0 bridgehead atoms. The van der Waals surface area contributed by atoms with Gasteiger partial charge in [0.2, 0.25) is 0 Å². The molecule has 1 heterocycles. The Morgan fingerprint density at radius 3 is 2.67 bits per heavy atom. The van der Waals surface area contributed by atoms with Crippen LogP contribution in [0.1, 0.15) is 31.2 Å². The largest absolute Gasteiger partial charge is 0.323 e. The Morgan fingerprint density at radius 2 is 2.25 bits per heavy atom. The highest BCUT2D eigenvalue weighted by Crippen LogP contribution is 2.30. The van der Waals surface area contributed by atoms with Crippen LogP contribution in [0, 0.1) is 5.92 Å². The second-order valence-corrected chi connectivity index (χ2v) is 5.17. The zero-order valence-corrected chi connectivity index (χ0v) is 9.78. The van der Waals surface area contributed by atoms with E-state index in [1.165, 1.54) is 4.88 Å². The standard InChI is InChI=1S/C9H14BrNS/c1-6(2)5-8(11)9-7(10)3-4-12-9/h3-4,6,8H,5,11H2,1-2H3. The molecule has 0 saturated carbocycles. The van der Waals surface area contributed by atoms with Gasteiger partial charge in [-0.05, 0) is 39.7 Å². The Morgan fingerprint density at radius 1 is 1.58 bits per heavy atom. The molecule has 0 radical (unpaired) electrons. The van der Waals surface area contributed by atoms with E-state index in [-0.39, 0.29) is 6.04 Å². The van der Waals surface area contributed by atoms with E-state index < -0.39 is 0 Å². The molecule has 0 saturated heterocycles. The van der Waals surface area contributed by atoms with Gasteiger partial charge in [-0.15, -0.1) is 11.3 Å². The lowest BCUT2D eigenvalue weighted by Gasteiger charge is -2.12. The second-order valence-electron chi connectivity index (χ2n) is 3.37. The average molecular weight is 248 g/mol. The molecule has 0 spiro atoms. The van der Waals surface area contributed by atoms with Gasteiger partial charge in [0.25, 0.3) is 0 Å². The highest BCUT2D eigenvalue weighted by atomic mass is 79.9. The van der Waals surface area contributed by atoms with Gasteiger partial charge < -0.3 is 5.73 Å². The first-order valence-corrected chi connectivity index (χ1v) is 5.77. The minimum atomic E-state index is 0.194. The maximum Gasteiger partial charge on any atom is 0.0403 e. The molecule has 3 heteroatoms. The van der Waals surface area contributed by atoms with Crippen molar-refractivity contribution in [1.82, 2.24) is 0 Å². The van der Waals surface area contributed by atoms with Crippen molar-refractivity contribution in [3.63, 3.8) is 0 Å². The Labute approximate surface area is 86.1 Å². The summed E-state index contributed by atoms with van der Waals surface area (Å²) in [7, 11) is 0. The summed E-state index contributed by atoms with van der Waals surface area (Å²) in [5.74, 6) is 0.661. The van der Waals surface area contributed by atoms with E-state index in [0.29, 0.717) is 5.92 Å². The van der Waals surface area contributed by atoms with Crippen molar-refractivity contribution in [1.29, 1.82) is 0 Å². The molecule has 0 amide bonds. The van der Waals surface area contributed by atoms with E-state index >= 15 is 0 Å². The Kier molecular flexibility index (Phi) is 3.75. The van der Waals surface area contributed by atoms with Gasteiger partial charge in [-0.25, -0.2) is 0 Å². The minimum absolute atomic E-state index is 0.194. The van der Waals surface area contributed by atoms with Crippen LogP contribution < -0.4 is 5.73 Å². The quantitative estimate of drug-likeness (QED) is 0.869. The molecule has 0 fully saturated rings. The van der Waals surface area contributed by atoms with Crippen molar-refractivity contribution in [2.24, 2.45) is 11.7 Å². The van der Waals surface area contributed by atoms with E-state index in [4.69, 9.17) is 5.73 Å². The number of hydrogen-bond acceptors (Lipinski definition) is 2. The van der Waals surface area contributed by atoms with Crippen LogP contribution in [0.2, 0.25) is 0 Å². The normalized spacial score (nSPS) is 13.8. The van der Waals surface area contributed by atoms with Crippen molar-refractivity contribution in [2.45, 2.75) is 26.3 Å². The number of rotatable bonds is 3. The molecule has 0 aliphatic rings. The molecule has 1 rings (SSSR count). The summed E-state index contributed by atoms with van der Waals surface area (Å²) in [6, 6.07) is 2.25. The third-order valence-corrected chi connectivity index (χ3v) is 3.71. The Hall–Kier alpha value is 0.140. The molecule has 68 valence electrons. The van der Waals surface area contributed by atoms with E-state index in [1.807, 2.05) is 0 Å². The van der Waals surface area contributed by atoms with Gasteiger partial charge in [-0.1, -0.05) is 13.8 Å². The van der Waals surface area contributed by atoms with Crippen LogP contribution in [0.5, 0.6) is 0 Å². The monoisotopic (exact) mass is 247 g/mol. The van der Waals surface area contributed by atoms with Crippen molar-refractivity contribution in [2.75, 3.05) is 0 Å². The van der Waals surface area contributed by atoms with Crippen LogP contribution in [-0.2, 0) is 0 Å². The highest BCUT2D eigenvalue weighted by Gasteiger charge is 2.12. The molecule has 0 aromatic carbocycles. The van der Waals surface area contributed by atoms with Gasteiger partial charge in [-0.2, -0.15) is 0 Å². The number of hydrogen-bond donors (Lipinski definition) is 1. The minimum Gasteiger partial charge on any atom is -0.323 e. The third-order valence-electron chi connectivity index (χ3n) is 1.71. The highest BCUT2D eigenvalue weighted by molar-refractivity contribution is 9.10. The molecular weight excluding hydrogens is 234 g/mol. The van der Waals surface area contributed by atoms with Gasteiger partial charge in [0.05, 0.1) is 0 Å². The predicted octanol–water partition coefficient (Wildman–Crippen LogP) is 3.56. The third kappa shape index (κ3) is 2.57. The topological polar surface area (TPSA) is 26.0 Å². The first-order valence-electron chi connectivity index (χ1n) is 4.09. The fourth-order valence-electron chi connectivity index (χ4n) is 1.18. The fraction of sp³-hybridized carbons (Fsp3) is 0.556. The van der Waals surface area contributed by atoms with Crippen LogP contribution in [0.4, 0.5) is 0 Å². The molecule has 0 aliphatic carbocycles. The summed E-state index contributed by atoms with van der Waals surface area (Å²) in [4.78, 5) is 1.27. The summed E-state index contributed by atoms with van der Waals surface area (Å²) in [5.41, 5.74) is 6.02. The molecule has 1 atom stereocenters. The first-order chi connectivity index (χ1) is 5.61. The second kappa shape index (κ2) is 4.40. The van der Waals surface area contributed by atoms with E-state index in [1.54, 1.807) is 11.3 Å². The lowest BCUT2D eigenvalue weighted by Crippen LogP contribution is -2.11.